The van der Waals surface area contributed by atoms with Crippen LogP contribution < -0.4 is 0 Å². The van der Waals surface area contributed by atoms with Gasteiger partial charge in [0.1, 0.15) is 5.25 Å². The zero-order chi connectivity index (χ0) is 9.41. The summed E-state index contributed by atoms with van der Waals surface area (Å²) in [4.78, 5) is 0. The van der Waals surface area contributed by atoms with Crippen LogP contribution >= 0.6 is 0 Å². The van der Waals surface area contributed by atoms with Crippen molar-refractivity contribution in [2.75, 3.05) is 10.8 Å². The molecule has 0 aromatic rings. The Labute approximate surface area is 71.8 Å². The summed E-state index contributed by atoms with van der Waals surface area (Å²) >= 11 is 0. The fourth-order valence-electron chi connectivity index (χ4n) is 1.01. The van der Waals surface area contributed by atoms with Gasteiger partial charge in [-0.3, -0.25) is 0 Å². The van der Waals surface area contributed by atoms with Crippen LogP contribution in [0.1, 0.15) is 6.92 Å². The van der Waals surface area contributed by atoms with E-state index in [2.05, 4.69) is 11.8 Å². The summed E-state index contributed by atoms with van der Waals surface area (Å²) in [6.45, 7) is 1.49. The van der Waals surface area contributed by atoms with E-state index in [1.54, 1.807) is 0 Å². The maximum atomic E-state index is 11.1. The van der Waals surface area contributed by atoms with Crippen LogP contribution in [0.5, 0.6) is 0 Å². The fourth-order valence-corrected chi connectivity index (χ4v) is 6.34. The lowest BCUT2D eigenvalue weighted by atomic mass is 10.5. The minimum Gasteiger partial charge on any atom is -0.228 e. The molecule has 0 bridgehead atoms. The molecular formula is C6H8O4S2. The first-order chi connectivity index (χ1) is 5.37. The second-order valence-electron chi connectivity index (χ2n) is 2.57. The van der Waals surface area contributed by atoms with Gasteiger partial charge in [0.2, 0.25) is 0 Å². The zero-order valence-corrected chi connectivity index (χ0v) is 8.07. The predicted octanol–water partition coefficient (Wildman–Crippen LogP) is -0.821. The average molecular weight is 208 g/mol. The van der Waals surface area contributed by atoms with Gasteiger partial charge >= 0.3 is 0 Å². The van der Waals surface area contributed by atoms with Crippen LogP contribution in [0.3, 0.4) is 0 Å². The van der Waals surface area contributed by atoms with E-state index in [1.165, 1.54) is 6.92 Å². The summed E-state index contributed by atoms with van der Waals surface area (Å²) in [6.07, 6.45) is 0. The van der Waals surface area contributed by atoms with E-state index in [0.29, 0.717) is 0 Å². The molecular weight excluding hydrogens is 200 g/mol. The normalized spacial score (nSPS) is 30.6. The zero-order valence-electron chi connectivity index (χ0n) is 6.44. The van der Waals surface area contributed by atoms with Crippen molar-refractivity contribution in [1.82, 2.24) is 0 Å². The van der Waals surface area contributed by atoms with Crippen molar-refractivity contribution in [3.05, 3.63) is 0 Å². The van der Waals surface area contributed by atoms with E-state index in [1.807, 2.05) is 0 Å². The summed E-state index contributed by atoms with van der Waals surface area (Å²) in [5.74, 6) is 4.43. The molecule has 0 aliphatic carbocycles. The largest absolute Gasteiger partial charge is 0.228 e. The Morgan fingerprint density at radius 1 is 1.25 bits per heavy atom. The Kier molecular flexibility index (Phi) is 2.19. The second-order valence-corrected chi connectivity index (χ2v) is 7.23. The van der Waals surface area contributed by atoms with E-state index < -0.39 is 30.0 Å². The van der Waals surface area contributed by atoms with E-state index >= 15 is 0 Å². The van der Waals surface area contributed by atoms with Crippen LogP contribution in [0.2, 0.25) is 0 Å². The van der Waals surface area contributed by atoms with E-state index in [-0.39, 0.29) is 5.75 Å². The first-order valence-corrected chi connectivity index (χ1v) is 6.75. The highest BCUT2D eigenvalue weighted by Crippen LogP contribution is 2.17. The Bertz CT molecular complexity index is 432. The average Bonchev–Trinajstić information content (AvgIpc) is 2.01. The molecule has 0 amide bonds. The molecule has 0 spiro atoms. The van der Waals surface area contributed by atoms with Gasteiger partial charge in [0.25, 0.3) is 0 Å². The Balaban J connectivity index is 3.15. The van der Waals surface area contributed by atoms with Crippen LogP contribution in [-0.4, -0.2) is 32.9 Å². The minimum atomic E-state index is -3.52. The van der Waals surface area contributed by atoms with Gasteiger partial charge in [-0.15, -0.1) is 5.92 Å². The number of sulfone groups is 2. The third-order valence-corrected chi connectivity index (χ3v) is 6.44. The molecule has 0 aromatic heterocycles. The molecule has 1 atom stereocenters. The van der Waals surface area contributed by atoms with Gasteiger partial charge in [-0.25, -0.2) is 16.8 Å². The molecule has 0 saturated carbocycles. The smallest absolute Gasteiger partial charge is 0.179 e. The van der Waals surface area contributed by atoms with Crippen molar-refractivity contribution in [3.63, 3.8) is 0 Å². The van der Waals surface area contributed by atoms with E-state index in [0.717, 1.165) is 0 Å². The maximum absolute atomic E-state index is 11.1. The molecule has 1 heterocycles. The third-order valence-electron chi connectivity index (χ3n) is 1.49. The molecule has 1 aliphatic heterocycles. The van der Waals surface area contributed by atoms with Gasteiger partial charge in [0.05, 0.1) is 5.75 Å². The van der Waals surface area contributed by atoms with Crippen LogP contribution in [0.25, 0.3) is 0 Å². The predicted molar refractivity (Wildman–Crippen MR) is 44.8 cm³/mol. The molecule has 1 fully saturated rings. The lowest BCUT2D eigenvalue weighted by Crippen LogP contribution is -2.15. The molecule has 0 N–H and O–H groups in total. The highest BCUT2D eigenvalue weighted by atomic mass is 32.3. The summed E-state index contributed by atoms with van der Waals surface area (Å²) in [7, 11) is -6.93. The number of hydrogen-bond acceptors (Lipinski definition) is 4. The standard InChI is InChI=1S/C6H8O4S2/c1-2-3-6-4-11(7,8)5-12(6,9)10/h6H,4-5H2,1H3. The quantitative estimate of drug-likeness (QED) is 0.488. The topological polar surface area (TPSA) is 68.3 Å². The van der Waals surface area contributed by atoms with Gasteiger partial charge in [0.15, 0.2) is 24.8 Å². The van der Waals surface area contributed by atoms with Gasteiger partial charge < -0.3 is 0 Å². The van der Waals surface area contributed by atoms with Crippen molar-refractivity contribution in [3.8, 4) is 11.8 Å². The lowest BCUT2D eigenvalue weighted by Gasteiger charge is -1.94. The summed E-state index contributed by atoms with van der Waals surface area (Å²) < 4.78 is 43.9. The van der Waals surface area contributed by atoms with Crippen molar-refractivity contribution in [2.24, 2.45) is 0 Å². The van der Waals surface area contributed by atoms with Gasteiger partial charge in [0, 0.05) is 0 Å². The monoisotopic (exact) mass is 208 g/mol. The van der Waals surface area contributed by atoms with Crippen LogP contribution in [0.15, 0.2) is 0 Å². The third kappa shape index (κ3) is 1.79. The number of hydrogen-bond donors (Lipinski definition) is 0. The molecule has 4 nitrogen and oxygen atoms in total. The highest BCUT2D eigenvalue weighted by Gasteiger charge is 2.40. The summed E-state index contributed by atoms with van der Waals surface area (Å²) in [6, 6.07) is 0. The molecule has 12 heavy (non-hydrogen) atoms. The molecule has 68 valence electrons. The van der Waals surface area contributed by atoms with Crippen molar-refractivity contribution >= 4 is 19.7 Å². The second kappa shape index (κ2) is 2.75. The molecule has 1 unspecified atom stereocenters. The van der Waals surface area contributed by atoms with Crippen molar-refractivity contribution in [1.29, 1.82) is 0 Å². The van der Waals surface area contributed by atoms with Gasteiger partial charge in [-0.2, -0.15) is 0 Å². The molecule has 0 radical (unpaired) electrons. The van der Waals surface area contributed by atoms with Crippen LogP contribution in [0, 0.1) is 11.8 Å². The molecule has 1 aliphatic rings. The van der Waals surface area contributed by atoms with Gasteiger partial charge in [-0.05, 0) is 6.92 Å². The van der Waals surface area contributed by atoms with Crippen LogP contribution in [0.4, 0.5) is 0 Å². The first-order valence-electron chi connectivity index (χ1n) is 3.22. The lowest BCUT2D eigenvalue weighted by molar-refractivity contribution is 0.598. The maximum Gasteiger partial charge on any atom is 0.179 e. The Morgan fingerprint density at radius 3 is 2.17 bits per heavy atom. The molecule has 6 heteroatoms. The summed E-state index contributed by atoms with van der Waals surface area (Å²) in [5, 5.41) is -1.76. The Morgan fingerprint density at radius 2 is 1.83 bits per heavy atom. The minimum absolute atomic E-state index is 0.351. The molecule has 1 rings (SSSR count). The van der Waals surface area contributed by atoms with Gasteiger partial charge in [-0.1, -0.05) is 5.92 Å². The first kappa shape index (κ1) is 9.55. The summed E-state index contributed by atoms with van der Waals surface area (Å²) in [5.41, 5.74) is 0. The van der Waals surface area contributed by atoms with Crippen molar-refractivity contribution in [2.45, 2.75) is 12.2 Å². The Hall–Kier alpha value is -0.540. The van der Waals surface area contributed by atoms with E-state index in [9.17, 15) is 16.8 Å². The molecule has 0 aromatic carbocycles. The number of rotatable bonds is 0. The molecule has 1 saturated heterocycles. The fraction of sp³-hybridized carbons (Fsp3) is 0.667. The highest BCUT2D eigenvalue weighted by molar-refractivity contribution is 8.11. The van der Waals surface area contributed by atoms with E-state index in [4.69, 9.17) is 0 Å². The van der Waals surface area contributed by atoms with Crippen molar-refractivity contribution < 1.29 is 16.8 Å². The van der Waals surface area contributed by atoms with Crippen LogP contribution in [-0.2, 0) is 19.7 Å². The SMILES string of the molecule is CC#CC1CS(=O)(=O)CS1(=O)=O.